The molecular formula is C12H14N4. The fourth-order valence-corrected chi connectivity index (χ4v) is 2.64. The molecule has 2 aliphatic rings. The van der Waals surface area contributed by atoms with E-state index in [4.69, 9.17) is 5.26 Å². The second kappa shape index (κ2) is 3.76. The lowest BCUT2D eigenvalue weighted by Crippen LogP contribution is -2.63. The van der Waals surface area contributed by atoms with E-state index in [1.807, 2.05) is 12.1 Å². The van der Waals surface area contributed by atoms with Crippen molar-refractivity contribution >= 4 is 5.69 Å². The van der Waals surface area contributed by atoms with E-state index in [0.717, 1.165) is 18.8 Å². The first-order chi connectivity index (χ1) is 7.90. The highest BCUT2D eigenvalue weighted by Crippen LogP contribution is 2.32. The topological polar surface area (TPSA) is 52.0 Å². The van der Waals surface area contributed by atoms with Gasteiger partial charge in [0.25, 0.3) is 0 Å². The van der Waals surface area contributed by atoms with Crippen molar-refractivity contribution in [2.24, 2.45) is 0 Å². The fourth-order valence-electron chi connectivity index (χ4n) is 2.64. The first kappa shape index (κ1) is 9.61. The first-order valence-corrected chi connectivity index (χ1v) is 5.75. The maximum absolute atomic E-state index is 9.06. The van der Waals surface area contributed by atoms with Crippen molar-refractivity contribution in [1.29, 1.82) is 5.26 Å². The molecule has 1 aromatic rings. The Morgan fingerprint density at radius 1 is 1.50 bits per heavy atom. The maximum atomic E-state index is 9.06. The second-order valence-corrected chi connectivity index (χ2v) is 4.38. The van der Waals surface area contributed by atoms with Crippen molar-refractivity contribution in [2.75, 3.05) is 18.0 Å². The molecule has 2 atom stereocenters. The molecule has 82 valence electrons. The largest absolute Gasteiger partial charge is 0.363 e. The van der Waals surface area contributed by atoms with Gasteiger partial charge in [0, 0.05) is 31.4 Å². The number of fused-ring (bicyclic) bond motifs is 1. The summed E-state index contributed by atoms with van der Waals surface area (Å²) in [6, 6.07) is 7.27. The van der Waals surface area contributed by atoms with Crippen LogP contribution in [0.15, 0.2) is 18.3 Å². The highest BCUT2D eigenvalue weighted by Gasteiger charge is 2.38. The average molecular weight is 214 g/mol. The number of hydrogen-bond acceptors (Lipinski definition) is 4. The summed E-state index contributed by atoms with van der Waals surface area (Å²) in [7, 11) is 0. The molecule has 1 aromatic heterocycles. The zero-order valence-corrected chi connectivity index (χ0v) is 9.06. The van der Waals surface area contributed by atoms with Crippen LogP contribution in [-0.4, -0.2) is 30.2 Å². The summed E-state index contributed by atoms with van der Waals surface area (Å²) in [6.45, 7) is 1.97. The number of rotatable bonds is 1. The van der Waals surface area contributed by atoms with Gasteiger partial charge in [-0.3, -0.25) is 0 Å². The standard InChI is InChI=1S/C12H14N4/c13-8-10-11(2-1-5-14-10)16-7-6-15-9-3-4-12(9)16/h1-2,5,9,12,15H,3-4,6-7H2. The van der Waals surface area contributed by atoms with Gasteiger partial charge < -0.3 is 10.2 Å². The number of piperazine rings is 1. The van der Waals surface area contributed by atoms with Crippen LogP contribution in [0.3, 0.4) is 0 Å². The highest BCUT2D eigenvalue weighted by molar-refractivity contribution is 5.57. The lowest BCUT2D eigenvalue weighted by atomic mass is 9.83. The summed E-state index contributed by atoms with van der Waals surface area (Å²) in [6.07, 6.45) is 4.16. The lowest BCUT2D eigenvalue weighted by Gasteiger charge is -2.50. The van der Waals surface area contributed by atoms with E-state index in [0.29, 0.717) is 17.8 Å². The van der Waals surface area contributed by atoms with Crippen LogP contribution in [0.4, 0.5) is 5.69 Å². The van der Waals surface area contributed by atoms with Crippen molar-refractivity contribution in [2.45, 2.75) is 24.9 Å². The minimum Gasteiger partial charge on any atom is -0.363 e. The van der Waals surface area contributed by atoms with Crippen LogP contribution in [0.2, 0.25) is 0 Å². The Hall–Kier alpha value is -1.60. The summed E-state index contributed by atoms with van der Waals surface area (Å²) >= 11 is 0. The number of aromatic nitrogens is 1. The summed E-state index contributed by atoms with van der Waals surface area (Å²) in [5, 5.41) is 12.6. The highest BCUT2D eigenvalue weighted by atomic mass is 15.3. The third-order valence-corrected chi connectivity index (χ3v) is 3.60. The Morgan fingerprint density at radius 2 is 2.44 bits per heavy atom. The van der Waals surface area contributed by atoms with Gasteiger partial charge in [-0.2, -0.15) is 5.26 Å². The van der Waals surface area contributed by atoms with Crippen LogP contribution in [0.1, 0.15) is 18.5 Å². The van der Waals surface area contributed by atoms with Crippen LogP contribution in [0, 0.1) is 11.3 Å². The van der Waals surface area contributed by atoms with Gasteiger partial charge in [0.05, 0.1) is 5.69 Å². The van der Waals surface area contributed by atoms with Crippen LogP contribution in [0.5, 0.6) is 0 Å². The number of nitriles is 1. The Kier molecular flexibility index (Phi) is 2.26. The summed E-state index contributed by atoms with van der Waals surface area (Å²) in [5.41, 5.74) is 1.55. The second-order valence-electron chi connectivity index (χ2n) is 4.38. The van der Waals surface area contributed by atoms with E-state index >= 15 is 0 Å². The van der Waals surface area contributed by atoms with E-state index in [1.165, 1.54) is 12.8 Å². The Bertz CT molecular complexity index is 437. The number of anilines is 1. The predicted molar refractivity (Wildman–Crippen MR) is 61.1 cm³/mol. The number of nitrogens with zero attached hydrogens (tertiary/aromatic N) is 3. The van der Waals surface area contributed by atoms with Gasteiger partial charge >= 0.3 is 0 Å². The van der Waals surface area contributed by atoms with Gasteiger partial charge in [0.1, 0.15) is 6.07 Å². The molecule has 1 aliphatic carbocycles. The summed E-state index contributed by atoms with van der Waals surface area (Å²) in [4.78, 5) is 6.48. The van der Waals surface area contributed by atoms with E-state index < -0.39 is 0 Å². The lowest BCUT2D eigenvalue weighted by molar-refractivity contribution is 0.240. The smallest absolute Gasteiger partial charge is 0.163 e. The molecule has 2 unspecified atom stereocenters. The maximum Gasteiger partial charge on any atom is 0.163 e. The van der Waals surface area contributed by atoms with Gasteiger partial charge in [-0.25, -0.2) is 4.98 Å². The van der Waals surface area contributed by atoms with E-state index in [9.17, 15) is 0 Å². The van der Waals surface area contributed by atoms with Crippen LogP contribution in [0.25, 0.3) is 0 Å². The Labute approximate surface area is 94.9 Å². The minimum absolute atomic E-state index is 0.551. The third kappa shape index (κ3) is 1.36. The molecule has 3 rings (SSSR count). The zero-order chi connectivity index (χ0) is 11.0. The molecular weight excluding hydrogens is 200 g/mol. The molecule has 0 aromatic carbocycles. The van der Waals surface area contributed by atoms with E-state index in [2.05, 4.69) is 21.3 Å². The average Bonchev–Trinajstić information content (AvgIpc) is 2.30. The fraction of sp³-hybridized carbons (Fsp3) is 0.500. The third-order valence-electron chi connectivity index (χ3n) is 3.60. The van der Waals surface area contributed by atoms with E-state index in [1.54, 1.807) is 6.20 Å². The predicted octanol–water partition coefficient (Wildman–Crippen LogP) is 0.894. The Balaban J connectivity index is 1.94. The summed E-state index contributed by atoms with van der Waals surface area (Å²) < 4.78 is 0. The molecule has 0 spiro atoms. The SMILES string of the molecule is N#Cc1ncccc1N1CCNC2CCC21. The molecule has 4 nitrogen and oxygen atoms in total. The molecule has 0 radical (unpaired) electrons. The molecule has 16 heavy (non-hydrogen) atoms. The van der Waals surface area contributed by atoms with Crippen molar-refractivity contribution in [3.8, 4) is 6.07 Å². The van der Waals surface area contributed by atoms with Gasteiger partial charge in [-0.05, 0) is 25.0 Å². The monoisotopic (exact) mass is 214 g/mol. The van der Waals surface area contributed by atoms with Crippen LogP contribution >= 0.6 is 0 Å². The van der Waals surface area contributed by atoms with Gasteiger partial charge in [-0.15, -0.1) is 0 Å². The van der Waals surface area contributed by atoms with Crippen LogP contribution in [-0.2, 0) is 0 Å². The van der Waals surface area contributed by atoms with Gasteiger partial charge in [-0.1, -0.05) is 0 Å². The molecule has 0 amide bonds. The molecule has 1 N–H and O–H groups in total. The molecule has 1 aliphatic heterocycles. The quantitative estimate of drug-likeness (QED) is 0.754. The molecule has 2 fully saturated rings. The van der Waals surface area contributed by atoms with E-state index in [-0.39, 0.29) is 0 Å². The number of hydrogen-bond donors (Lipinski definition) is 1. The van der Waals surface area contributed by atoms with Gasteiger partial charge in [0.15, 0.2) is 5.69 Å². The summed E-state index contributed by atoms with van der Waals surface area (Å²) in [5.74, 6) is 0. The van der Waals surface area contributed by atoms with Crippen molar-refractivity contribution in [3.63, 3.8) is 0 Å². The molecule has 1 saturated heterocycles. The van der Waals surface area contributed by atoms with Gasteiger partial charge in [0.2, 0.25) is 0 Å². The van der Waals surface area contributed by atoms with Crippen LogP contribution < -0.4 is 10.2 Å². The first-order valence-electron chi connectivity index (χ1n) is 5.75. The molecule has 0 bridgehead atoms. The van der Waals surface area contributed by atoms with Crippen molar-refractivity contribution < 1.29 is 0 Å². The number of nitrogens with one attached hydrogen (secondary N) is 1. The Morgan fingerprint density at radius 3 is 3.19 bits per heavy atom. The zero-order valence-electron chi connectivity index (χ0n) is 9.06. The van der Waals surface area contributed by atoms with Crippen molar-refractivity contribution in [3.05, 3.63) is 24.0 Å². The number of pyridine rings is 1. The van der Waals surface area contributed by atoms with Crippen molar-refractivity contribution in [1.82, 2.24) is 10.3 Å². The molecule has 4 heteroatoms. The molecule has 2 heterocycles. The minimum atomic E-state index is 0.551. The molecule has 1 saturated carbocycles. The normalized spacial score (nSPS) is 27.8.